The number of tetrazole rings is 1. The number of nitrogens with one attached hydrogen (secondary N) is 1. The van der Waals surface area contributed by atoms with E-state index in [2.05, 4.69) is 20.8 Å². The van der Waals surface area contributed by atoms with Crippen molar-refractivity contribution < 1.29 is 14.4 Å². The Morgan fingerprint density at radius 1 is 1.29 bits per heavy atom. The van der Waals surface area contributed by atoms with Gasteiger partial charge in [-0.1, -0.05) is 23.7 Å². The molecule has 1 saturated heterocycles. The molecule has 3 amide bonds. The predicted octanol–water partition coefficient (Wildman–Crippen LogP) is 2.03. The van der Waals surface area contributed by atoms with Gasteiger partial charge < -0.3 is 5.32 Å². The minimum Gasteiger partial charge on any atom is -0.319 e. The molecule has 1 aromatic carbocycles. The number of ketones is 1. The Hall–Kier alpha value is -3.11. The Bertz CT molecular complexity index is 1080. The van der Waals surface area contributed by atoms with E-state index in [0.717, 1.165) is 16.2 Å². The molecule has 0 saturated carbocycles. The van der Waals surface area contributed by atoms with Crippen molar-refractivity contribution in [3.8, 4) is 5.69 Å². The second kappa shape index (κ2) is 6.80. The number of rotatable bonds is 5. The van der Waals surface area contributed by atoms with E-state index in [-0.39, 0.29) is 12.3 Å². The summed E-state index contributed by atoms with van der Waals surface area (Å²) in [5.74, 6) is -0.866. The van der Waals surface area contributed by atoms with Crippen molar-refractivity contribution in [1.29, 1.82) is 0 Å². The molecule has 1 fully saturated rings. The zero-order valence-electron chi connectivity index (χ0n) is 14.5. The zero-order chi connectivity index (χ0) is 19.9. The third-order valence-electron chi connectivity index (χ3n) is 4.46. The van der Waals surface area contributed by atoms with Gasteiger partial charge in [0.25, 0.3) is 5.91 Å². The molecule has 0 radical (unpaired) electrons. The van der Waals surface area contributed by atoms with Crippen LogP contribution in [0.4, 0.5) is 4.79 Å². The third kappa shape index (κ3) is 3.06. The number of halogens is 1. The van der Waals surface area contributed by atoms with Gasteiger partial charge in [0.2, 0.25) is 0 Å². The van der Waals surface area contributed by atoms with Crippen LogP contribution >= 0.6 is 22.9 Å². The maximum atomic E-state index is 13.0. The zero-order valence-corrected chi connectivity index (χ0v) is 16.1. The first-order valence-corrected chi connectivity index (χ1v) is 9.34. The van der Waals surface area contributed by atoms with E-state index in [1.165, 1.54) is 11.0 Å². The predicted molar refractivity (Wildman–Crippen MR) is 100 cm³/mol. The van der Waals surface area contributed by atoms with Crippen LogP contribution < -0.4 is 5.32 Å². The van der Waals surface area contributed by atoms with Gasteiger partial charge in [0, 0.05) is 0 Å². The topological polar surface area (TPSA) is 110 Å². The van der Waals surface area contributed by atoms with E-state index in [1.54, 1.807) is 43.3 Å². The number of carbonyl (C=O) groups excluding carboxylic acids is 3. The Morgan fingerprint density at radius 3 is 2.79 bits per heavy atom. The second-order valence-electron chi connectivity index (χ2n) is 6.28. The van der Waals surface area contributed by atoms with Crippen LogP contribution in [-0.4, -0.2) is 49.4 Å². The van der Waals surface area contributed by atoms with Crippen LogP contribution in [-0.2, 0) is 10.3 Å². The summed E-state index contributed by atoms with van der Waals surface area (Å²) in [6.07, 6.45) is 1.42. The number of Topliss-reactive ketones (excluding diaryl/α,β-unsaturated/α-hetero) is 1. The summed E-state index contributed by atoms with van der Waals surface area (Å²) in [4.78, 5) is 39.2. The molecule has 0 spiro atoms. The van der Waals surface area contributed by atoms with Crippen molar-refractivity contribution >= 4 is 40.7 Å². The molecule has 142 valence electrons. The van der Waals surface area contributed by atoms with Crippen molar-refractivity contribution in [2.45, 2.75) is 12.5 Å². The van der Waals surface area contributed by atoms with Crippen LogP contribution in [0, 0.1) is 0 Å². The largest absolute Gasteiger partial charge is 0.325 e. The molecule has 4 rings (SSSR count). The molecule has 28 heavy (non-hydrogen) atoms. The highest BCUT2D eigenvalue weighted by atomic mass is 35.5. The van der Waals surface area contributed by atoms with E-state index in [4.69, 9.17) is 11.6 Å². The fourth-order valence-electron chi connectivity index (χ4n) is 2.96. The maximum Gasteiger partial charge on any atom is 0.325 e. The molecule has 11 heteroatoms. The lowest BCUT2D eigenvalue weighted by Gasteiger charge is -2.22. The maximum absolute atomic E-state index is 13.0. The van der Waals surface area contributed by atoms with Gasteiger partial charge in [-0.05, 0) is 47.2 Å². The van der Waals surface area contributed by atoms with E-state index >= 15 is 0 Å². The first-order valence-electron chi connectivity index (χ1n) is 8.15. The van der Waals surface area contributed by atoms with Crippen LogP contribution in [0.2, 0.25) is 4.34 Å². The van der Waals surface area contributed by atoms with Gasteiger partial charge in [-0.15, -0.1) is 16.4 Å². The standard InChI is InChI=1S/C17H13ClN6O3S/c1-17(10-3-2-4-11(7-10)24-9-19-21-22-24)15(26)23(16(27)20-17)8-12(25)13-5-6-14(18)28-13/h2-7,9H,8H2,1H3,(H,20,27)/t17-/m0/s1. The normalized spacial score (nSPS) is 19.1. The Morgan fingerprint density at radius 2 is 2.11 bits per heavy atom. The van der Waals surface area contributed by atoms with Gasteiger partial charge in [0.1, 0.15) is 11.9 Å². The number of hydrogen-bond donors (Lipinski definition) is 1. The number of aromatic nitrogens is 4. The van der Waals surface area contributed by atoms with Crippen molar-refractivity contribution in [2.75, 3.05) is 6.54 Å². The SMILES string of the molecule is C[C@@]1(c2cccc(-n3cnnn3)c2)NC(=O)N(CC(=O)c2ccc(Cl)s2)C1=O. The highest BCUT2D eigenvalue weighted by Gasteiger charge is 2.49. The molecule has 1 atom stereocenters. The van der Waals surface area contributed by atoms with Gasteiger partial charge in [-0.25, -0.2) is 9.48 Å². The van der Waals surface area contributed by atoms with Gasteiger partial charge >= 0.3 is 6.03 Å². The van der Waals surface area contributed by atoms with Gasteiger partial charge in [-0.3, -0.25) is 14.5 Å². The molecule has 0 aliphatic carbocycles. The summed E-state index contributed by atoms with van der Waals surface area (Å²) in [5.41, 5.74) is -0.129. The summed E-state index contributed by atoms with van der Waals surface area (Å²) in [6, 6.07) is 9.47. The minimum atomic E-state index is -1.31. The fraction of sp³-hybridized carbons (Fsp3) is 0.176. The number of urea groups is 1. The number of thiophene rings is 1. The molecule has 9 nitrogen and oxygen atoms in total. The lowest BCUT2D eigenvalue weighted by molar-refractivity contribution is -0.130. The quantitative estimate of drug-likeness (QED) is 0.503. The van der Waals surface area contributed by atoms with E-state index in [9.17, 15) is 14.4 Å². The molecule has 2 aromatic heterocycles. The monoisotopic (exact) mass is 416 g/mol. The fourth-order valence-corrected chi connectivity index (χ4v) is 3.93. The highest BCUT2D eigenvalue weighted by Crippen LogP contribution is 2.30. The van der Waals surface area contributed by atoms with Crippen LogP contribution in [0.1, 0.15) is 22.2 Å². The number of imide groups is 1. The van der Waals surface area contributed by atoms with Crippen LogP contribution in [0.5, 0.6) is 0 Å². The van der Waals surface area contributed by atoms with Crippen molar-refractivity contribution in [2.24, 2.45) is 0 Å². The van der Waals surface area contributed by atoms with Crippen LogP contribution in [0.15, 0.2) is 42.7 Å². The Labute approximate surface area is 167 Å². The van der Waals surface area contributed by atoms with Gasteiger partial charge in [-0.2, -0.15) is 0 Å². The van der Waals surface area contributed by atoms with Crippen LogP contribution in [0.3, 0.4) is 0 Å². The molecular weight excluding hydrogens is 404 g/mol. The van der Waals surface area contributed by atoms with E-state index in [1.807, 2.05) is 0 Å². The lowest BCUT2D eigenvalue weighted by Crippen LogP contribution is -2.41. The van der Waals surface area contributed by atoms with Crippen molar-refractivity contribution in [3.05, 3.63) is 57.5 Å². The average Bonchev–Trinajstić information content (AvgIpc) is 3.40. The molecule has 0 bridgehead atoms. The molecular formula is C17H13ClN6O3S. The Balaban J connectivity index is 1.61. The van der Waals surface area contributed by atoms with Gasteiger partial charge in [0.15, 0.2) is 5.78 Å². The third-order valence-corrected chi connectivity index (χ3v) is 5.73. The van der Waals surface area contributed by atoms with Crippen LogP contribution in [0.25, 0.3) is 5.69 Å². The number of benzene rings is 1. The number of hydrogen-bond acceptors (Lipinski definition) is 7. The molecule has 1 aliphatic rings. The summed E-state index contributed by atoms with van der Waals surface area (Å²) in [7, 11) is 0. The van der Waals surface area contributed by atoms with Crippen molar-refractivity contribution in [3.63, 3.8) is 0 Å². The van der Waals surface area contributed by atoms with E-state index in [0.29, 0.717) is 20.5 Å². The number of carbonyl (C=O) groups is 3. The van der Waals surface area contributed by atoms with E-state index < -0.39 is 17.5 Å². The first-order chi connectivity index (χ1) is 13.4. The Kier molecular flexibility index (Phi) is 4.44. The average molecular weight is 417 g/mol. The smallest absolute Gasteiger partial charge is 0.319 e. The van der Waals surface area contributed by atoms with Crippen molar-refractivity contribution in [1.82, 2.24) is 30.4 Å². The molecule has 3 aromatic rings. The minimum absolute atomic E-state index is 0.355. The first kappa shape index (κ1) is 18.3. The number of nitrogens with zero attached hydrogens (tertiary/aromatic N) is 5. The summed E-state index contributed by atoms with van der Waals surface area (Å²) in [5, 5.41) is 13.7. The molecule has 1 N–H and O–H groups in total. The highest BCUT2D eigenvalue weighted by molar-refractivity contribution is 7.18. The summed E-state index contributed by atoms with van der Waals surface area (Å²) < 4.78 is 1.90. The molecule has 0 unspecified atom stereocenters. The van der Waals surface area contributed by atoms with Gasteiger partial charge in [0.05, 0.1) is 21.4 Å². The summed E-state index contributed by atoms with van der Waals surface area (Å²) >= 11 is 6.95. The second-order valence-corrected chi connectivity index (χ2v) is 7.99. The lowest BCUT2D eigenvalue weighted by atomic mass is 9.91. The summed E-state index contributed by atoms with van der Waals surface area (Å²) in [6.45, 7) is 1.24. The molecule has 1 aliphatic heterocycles. The molecule has 3 heterocycles. The number of amides is 3.